The lowest BCUT2D eigenvalue weighted by Crippen LogP contribution is -2.15. The summed E-state index contributed by atoms with van der Waals surface area (Å²) >= 11 is 0. The molecule has 1 saturated carbocycles. The minimum Gasteiger partial charge on any atom is -0.395 e. The molecule has 0 amide bonds. The molecule has 5 heteroatoms. The molecule has 1 aromatic rings. The molecule has 1 aliphatic rings. The van der Waals surface area contributed by atoms with Crippen LogP contribution in [0, 0.1) is 5.82 Å². The highest BCUT2D eigenvalue weighted by molar-refractivity contribution is 5.36. The van der Waals surface area contributed by atoms with Gasteiger partial charge in [-0.25, -0.2) is 4.39 Å². The van der Waals surface area contributed by atoms with Crippen molar-refractivity contribution in [3.63, 3.8) is 0 Å². The summed E-state index contributed by atoms with van der Waals surface area (Å²) < 4.78 is 50.3. The van der Waals surface area contributed by atoms with E-state index in [0.717, 1.165) is 12.1 Å². The Morgan fingerprint density at radius 2 is 1.88 bits per heavy atom. The van der Waals surface area contributed by atoms with E-state index in [9.17, 15) is 17.6 Å². The van der Waals surface area contributed by atoms with E-state index in [1.54, 1.807) is 0 Å². The molecule has 0 unspecified atom stereocenters. The van der Waals surface area contributed by atoms with Crippen LogP contribution in [0.3, 0.4) is 0 Å². The molecular formula is C11H10F4O. The van der Waals surface area contributed by atoms with Gasteiger partial charge in [0.05, 0.1) is 12.2 Å². The molecule has 0 spiro atoms. The van der Waals surface area contributed by atoms with E-state index in [0.29, 0.717) is 18.9 Å². The molecule has 0 atom stereocenters. The Hall–Kier alpha value is -1.10. The van der Waals surface area contributed by atoms with Crippen molar-refractivity contribution in [2.75, 3.05) is 6.61 Å². The van der Waals surface area contributed by atoms with Gasteiger partial charge in [0.25, 0.3) is 0 Å². The molecule has 0 heterocycles. The Labute approximate surface area is 89.7 Å². The van der Waals surface area contributed by atoms with E-state index in [1.807, 2.05) is 0 Å². The zero-order chi connectivity index (χ0) is 12.0. The van der Waals surface area contributed by atoms with Crippen LogP contribution in [-0.4, -0.2) is 11.7 Å². The molecule has 0 saturated heterocycles. The van der Waals surface area contributed by atoms with Crippen LogP contribution in [-0.2, 0) is 11.6 Å². The number of hydrogen-bond donors (Lipinski definition) is 1. The molecule has 0 radical (unpaired) electrons. The predicted molar refractivity (Wildman–Crippen MR) is 49.4 cm³/mol. The first-order chi connectivity index (χ1) is 7.39. The van der Waals surface area contributed by atoms with Gasteiger partial charge >= 0.3 is 6.18 Å². The van der Waals surface area contributed by atoms with Crippen molar-refractivity contribution in [3.8, 4) is 0 Å². The standard InChI is InChI=1S/C11H10F4O/c12-9-5-7(11(13,14)15)1-2-8(9)10(6-16)3-4-10/h1-2,5,16H,3-4,6H2. The fraction of sp³-hybridized carbons (Fsp3) is 0.455. The molecule has 88 valence electrons. The van der Waals surface area contributed by atoms with E-state index in [4.69, 9.17) is 5.11 Å². The van der Waals surface area contributed by atoms with Gasteiger partial charge < -0.3 is 5.11 Å². The van der Waals surface area contributed by atoms with E-state index >= 15 is 0 Å². The summed E-state index contributed by atoms with van der Waals surface area (Å²) in [5, 5.41) is 9.07. The molecule has 2 rings (SSSR count). The third-order valence-corrected chi connectivity index (χ3v) is 3.02. The summed E-state index contributed by atoms with van der Waals surface area (Å²) in [7, 11) is 0. The second kappa shape index (κ2) is 3.45. The van der Waals surface area contributed by atoms with Gasteiger partial charge in [-0.3, -0.25) is 0 Å². The number of halogens is 4. The average molecular weight is 234 g/mol. The van der Waals surface area contributed by atoms with Gasteiger partial charge in [0, 0.05) is 5.41 Å². The quantitative estimate of drug-likeness (QED) is 0.780. The summed E-state index contributed by atoms with van der Waals surface area (Å²) in [4.78, 5) is 0. The Kier molecular flexibility index (Phi) is 2.45. The van der Waals surface area contributed by atoms with Crippen molar-refractivity contribution < 1.29 is 22.7 Å². The van der Waals surface area contributed by atoms with Gasteiger partial charge in [-0.1, -0.05) is 6.07 Å². The maximum atomic E-state index is 13.5. The first kappa shape index (κ1) is 11.4. The average Bonchev–Trinajstić information content (AvgIpc) is 2.97. The highest BCUT2D eigenvalue weighted by Gasteiger charge is 2.46. The van der Waals surface area contributed by atoms with Crippen molar-refractivity contribution >= 4 is 0 Å². The first-order valence-electron chi connectivity index (χ1n) is 4.87. The molecule has 1 aromatic carbocycles. The van der Waals surface area contributed by atoms with Gasteiger partial charge in [0.1, 0.15) is 5.82 Å². The van der Waals surface area contributed by atoms with Crippen molar-refractivity contribution in [2.45, 2.75) is 24.4 Å². The van der Waals surface area contributed by atoms with Gasteiger partial charge in [0.2, 0.25) is 0 Å². The van der Waals surface area contributed by atoms with Gasteiger partial charge in [-0.05, 0) is 30.5 Å². The highest BCUT2D eigenvalue weighted by Crippen LogP contribution is 2.49. The Bertz CT molecular complexity index is 407. The third-order valence-electron chi connectivity index (χ3n) is 3.02. The minimum absolute atomic E-state index is 0.183. The maximum Gasteiger partial charge on any atom is 0.416 e. The molecule has 0 bridgehead atoms. The topological polar surface area (TPSA) is 20.2 Å². The lowest BCUT2D eigenvalue weighted by molar-refractivity contribution is -0.137. The minimum atomic E-state index is -4.53. The van der Waals surface area contributed by atoms with Crippen molar-refractivity contribution in [2.24, 2.45) is 0 Å². The SMILES string of the molecule is OCC1(c2ccc(C(F)(F)F)cc2F)CC1. The van der Waals surface area contributed by atoms with Crippen LogP contribution in [0.15, 0.2) is 18.2 Å². The summed E-state index contributed by atoms with van der Waals surface area (Å²) in [6, 6.07) is 2.47. The van der Waals surface area contributed by atoms with Crippen LogP contribution in [0.2, 0.25) is 0 Å². The first-order valence-corrected chi connectivity index (χ1v) is 4.87. The monoisotopic (exact) mass is 234 g/mol. The summed E-state index contributed by atoms with van der Waals surface area (Å²) in [6.07, 6.45) is -3.30. The van der Waals surface area contributed by atoms with Crippen LogP contribution < -0.4 is 0 Å². The predicted octanol–water partition coefficient (Wildman–Crippen LogP) is 2.87. The largest absolute Gasteiger partial charge is 0.416 e. The molecule has 1 N–H and O–H groups in total. The lowest BCUT2D eigenvalue weighted by atomic mass is 9.95. The second-order valence-electron chi connectivity index (χ2n) is 4.13. The fourth-order valence-electron chi connectivity index (χ4n) is 1.79. The van der Waals surface area contributed by atoms with Crippen LogP contribution in [0.5, 0.6) is 0 Å². The summed E-state index contributed by atoms with van der Waals surface area (Å²) in [5.41, 5.74) is -1.46. The van der Waals surface area contributed by atoms with E-state index < -0.39 is 23.0 Å². The Balaban J connectivity index is 2.38. The number of benzene rings is 1. The van der Waals surface area contributed by atoms with E-state index in [2.05, 4.69) is 0 Å². The molecule has 16 heavy (non-hydrogen) atoms. The van der Waals surface area contributed by atoms with Gasteiger partial charge in [-0.2, -0.15) is 13.2 Å². The number of hydrogen-bond acceptors (Lipinski definition) is 1. The van der Waals surface area contributed by atoms with Gasteiger partial charge in [0.15, 0.2) is 0 Å². The molecule has 0 aliphatic heterocycles. The smallest absolute Gasteiger partial charge is 0.395 e. The maximum absolute atomic E-state index is 13.5. The number of rotatable bonds is 2. The van der Waals surface area contributed by atoms with Crippen LogP contribution in [0.1, 0.15) is 24.0 Å². The van der Waals surface area contributed by atoms with Crippen LogP contribution >= 0.6 is 0 Å². The zero-order valence-electron chi connectivity index (χ0n) is 8.31. The van der Waals surface area contributed by atoms with Crippen LogP contribution in [0.4, 0.5) is 17.6 Å². The molecular weight excluding hydrogens is 224 g/mol. The highest BCUT2D eigenvalue weighted by atomic mass is 19.4. The summed E-state index contributed by atoms with van der Waals surface area (Å²) in [6.45, 7) is -0.227. The molecule has 0 aromatic heterocycles. The third kappa shape index (κ3) is 1.80. The van der Waals surface area contributed by atoms with Crippen LogP contribution in [0.25, 0.3) is 0 Å². The number of alkyl halides is 3. The lowest BCUT2D eigenvalue weighted by Gasteiger charge is -2.15. The van der Waals surface area contributed by atoms with Crippen molar-refractivity contribution in [3.05, 3.63) is 35.1 Å². The van der Waals surface area contributed by atoms with E-state index in [1.165, 1.54) is 0 Å². The number of aliphatic hydroxyl groups excluding tert-OH is 1. The fourth-order valence-corrected chi connectivity index (χ4v) is 1.79. The van der Waals surface area contributed by atoms with Gasteiger partial charge in [-0.15, -0.1) is 0 Å². The van der Waals surface area contributed by atoms with E-state index in [-0.39, 0.29) is 12.2 Å². The normalized spacial score (nSPS) is 18.6. The van der Waals surface area contributed by atoms with Crippen molar-refractivity contribution in [1.82, 2.24) is 0 Å². The molecule has 1 nitrogen and oxygen atoms in total. The second-order valence-corrected chi connectivity index (χ2v) is 4.13. The Morgan fingerprint density at radius 3 is 2.25 bits per heavy atom. The Morgan fingerprint density at radius 1 is 1.25 bits per heavy atom. The molecule has 1 fully saturated rings. The summed E-state index contributed by atoms with van der Waals surface area (Å²) in [5.74, 6) is -0.888. The zero-order valence-corrected chi connectivity index (χ0v) is 8.31. The molecule has 1 aliphatic carbocycles. The van der Waals surface area contributed by atoms with Crippen molar-refractivity contribution in [1.29, 1.82) is 0 Å². The number of aliphatic hydroxyl groups is 1.